The second-order valence-electron chi connectivity index (χ2n) is 7.33. The number of aryl methyl sites for hydroxylation is 1. The predicted molar refractivity (Wildman–Crippen MR) is 129 cm³/mol. The molecule has 176 valence electrons. The minimum atomic E-state index is -0.491. The zero-order valence-corrected chi connectivity index (χ0v) is 19.1. The third-order valence-corrected chi connectivity index (χ3v) is 4.88. The number of hydrazine groups is 1. The van der Waals surface area contributed by atoms with Gasteiger partial charge in [-0.2, -0.15) is 0 Å². The number of carbonyl (C=O) groups is 3. The summed E-state index contributed by atoms with van der Waals surface area (Å²) in [7, 11) is 0. The maximum Gasteiger partial charge on any atom is 0.269 e. The molecule has 8 heteroatoms. The Labute approximate surface area is 198 Å². The monoisotopic (exact) mass is 461 g/mol. The number of hydrogen-bond acceptors (Lipinski definition) is 5. The van der Waals surface area contributed by atoms with Crippen LogP contribution < -0.4 is 20.9 Å². The van der Waals surface area contributed by atoms with Crippen molar-refractivity contribution in [2.75, 3.05) is 25.1 Å². The molecule has 3 aromatic carbocycles. The number of benzene rings is 3. The van der Waals surface area contributed by atoms with Crippen LogP contribution in [0.25, 0.3) is 0 Å². The molecule has 0 saturated carbocycles. The summed E-state index contributed by atoms with van der Waals surface area (Å²) in [4.78, 5) is 37.2. The molecule has 0 saturated heterocycles. The fourth-order valence-corrected chi connectivity index (χ4v) is 3.08. The second kappa shape index (κ2) is 12.2. The van der Waals surface area contributed by atoms with Crippen LogP contribution in [0.4, 0.5) is 5.69 Å². The van der Waals surface area contributed by atoms with E-state index < -0.39 is 11.8 Å². The Balaban J connectivity index is 1.51. The molecule has 3 amide bonds. The Hall–Kier alpha value is -4.17. The molecule has 0 spiro atoms. The van der Waals surface area contributed by atoms with Gasteiger partial charge < -0.3 is 14.8 Å². The van der Waals surface area contributed by atoms with Crippen molar-refractivity contribution in [3.63, 3.8) is 0 Å². The number of ether oxygens (including phenoxy) is 2. The fourth-order valence-electron chi connectivity index (χ4n) is 3.08. The second-order valence-corrected chi connectivity index (χ2v) is 7.33. The largest absolute Gasteiger partial charge is 0.491 e. The van der Waals surface area contributed by atoms with E-state index in [0.29, 0.717) is 47.9 Å². The van der Waals surface area contributed by atoms with Gasteiger partial charge in [0.2, 0.25) is 0 Å². The molecule has 0 unspecified atom stereocenters. The van der Waals surface area contributed by atoms with Gasteiger partial charge in [0, 0.05) is 29.0 Å². The van der Waals surface area contributed by atoms with E-state index in [1.54, 1.807) is 60.7 Å². The molecule has 0 heterocycles. The van der Waals surface area contributed by atoms with Crippen molar-refractivity contribution in [3.05, 3.63) is 95.1 Å². The van der Waals surface area contributed by atoms with Gasteiger partial charge in [-0.25, -0.2) is 0 Å². The number of rotatable bonds is 9. The highest BCUT2D eigenvalue weighted by molar-refractivity contribution is 6.05. The van der Waals surface area contributed by atoms with E-state index in [4.69, 9.17) is 9.47 Å². The number of hydrogen-bond donors (Lipinski definition) is 3. The van der Waals surface area contributed by atoms with Crippen LogP contribution in [-0.2, 0) is 4.74 Å². The molecule has 0 atom stereocenters. The van der Waals surface area contributed by atoms with Crippen molar-refractivity contribution in [1.29, 1.82) is 0 Å². The Bertz CT molecular complexity index is 1150. The molecule has 0 aliphatic carbocycles. The quantitative estimate of drug-likeness (QED) is 0.333. The van der Waals surface area contributed by atoms with Gasteiger partial charge in [0.25, 0.3) is 17.7 Å². The van der Waals surface area contributed by atoms with Gasteiger partial charge in [0.1, 0.15) is 12.4 Å². The molecule has 0 aliphatic heterocycles. The highest BCUT2D eigenvalue weighted by Crippen LogP contribution is 2.15. The number of amides is 3. The minimum Gasteiger partial charge on any atom is -0.491 e. The maximum absolute atomic E-state index is 12.4. The molecule has 8 nitrogen and oxygen atoms in total. The van der Waals surface area contributed by atoms with E-state index in [9.17, 15) is 14.4 Å². The summed E-state index contributed by atoms with van der Waals surface area (Å²) in [6, 6.07) is 20.3. The number of carbonyl (C=O) groups excluding carboxylic acids is 3. The molecule has 3 N–H and O–H groups in total. The van der Waals surface area contributed by atoms with E-state index in [1.165, 1.54) is 0 Å². The topological polar surface area (TPSA) is 106 Å². The van der Waals surface area contributed by atoms with Gasteiger partial charge in [-0.15, -0.1) is 0 Å². The molecule has 3 aromatic rings. The van der Waals surface area contributed by atoms with Crippen LogP contribution in [-0.4, -0.2) is 37.5 Å². The maximum atomic E-state index is 12.4. The average Bonchev–Trinajstić information content (AvgIpc) is 2.86. The predicted octanol–water partition coefficient (Wildman–Crippen LogP) is 3.74. The highest BCUT2D eigenvalue weighted by Gasteiger charge is 2.12. The molecular formula is C26H27N3O5. The van der Waals surface area contributed by atoms with E-state index >= 15 is 0 Å². The first kappa shape index (κ1) is 24.5. The minimum absolute atomic E-state index is 0.230. The van der Waals surface area contributed by atoms with Crippen molar-refractivity contribution < 1.29 is 23.9 Å². The first-order valence-corrected chi connectivity index (χ1v) is 10.9. The molecule has 0 bridgehead atoms. The third kappa shape index (κ3) is 6.91. The van der Waals surface area contributed by atoms with Crippen LogP contribution in [0.1, 0.15) is 43.6 Å². The molecule has 34 heavy (non-hydrogen) atoms. The fraction of sp³-hybridized carbons (Fsp3) is 0.192. The van der Waals surface area contributed by atoms with Crippen LogP contribution >= 0.6 is 0 Å². The molecule has 0 fully saturated rings. The lowest BCUT2D eigenvalue weighted by atomic mass is 10.1. The van der Waals surface area contributed by atoms with E-state index in [2.05, 4.69) is 16.2 Å². The first-order valence-electron chi connectivity index (χ1n) is 10.9. The zero-order chi connectivity index (χ0) is 24.3. The lowest BCUT2D eigenvalue weighted by molar-refractivity contribution is 0.0846. The van der Waals surface area contributed by atoms with Crippen LogP contribution in [0.2, 0.25) is 0 Å². The SMILES string of the molecule is CCOCCOc1cccc(C(=O)NNC(=O)c2ccc(NC(=O)c3ccccc3C)cc2)c1. The van der Waals surface area contributed by atoms with E-state index in [0.717, 1.165) is 5.56 Å². The molecule has 0 radical (unpaired) electrons. The van der Waals surface area contributed by atoms with Gasteiger partial charge in [-0.1, -0.05) is 24.3 Å². The lowest BCUT2D eigenvalue weighted by Crippen LogP contribution is -2.41. The summed E-state index contributed by atoms with van der Waals surface area (Å²) in [6.07, 6.45) is 0. The van der Waals surface area contributed by atoms with Crippen molar-refractivity contribution in [3.8, 4) is 5.75 Å². The van der Waals surface area contributed by atoms with Crippen molar-refractivity contribution in [1.82, 2.24) is 10.9 Å². The van der Waals surface area contributed by atoms with Crippen LogP contribution in [0, 0.1) is 6.92 Å². The standard InChI is InChI=1S/C26H27N3O5/c1-3-33-15-16-34-22-9-6-8-20(17-22)25(31)29-28-24(30)19-11-13-21(14-12-19)27-26(32)23-10-5-4-7-18(23)2/h4-14,17H,3,15-16H2,1-2H3,(H,27,32)(H,28,30)(H,29,31). The number of nitrogens with one attached hydrogen (secondary N) is 3. The van der Waals surface area contributed by atoms with Gasteiger partial charge in [-0.3, -0.25) is 25.2 Å². The van der Waals surface area contributed by atoms with Crippen LogP contribution in [0.15, 0.2) is 72.8 Å². The normalized spacial score (nSPS) is 10.3. The van der Waals surface area contributed by atoms with Gasteiger partial charge in [0.15, 0.2) is 0 Å². The van der Waals surface area contributed by atoms with Gasteiger partial charge in [0.05, 0.1) is 6.61 Å². The zero-order valence-electron chi connectivity index (χ0n) is 19.1. The Morgan fingerprint density at radius 2 is 1.47 bits per heavy atom. The third-order valence-electron chi connectivity index (χ3n) is 4.88. The molecular weight excluding hydrogens is 434 g/mol. The van der Waals surface area contributed by atoms with Gasteiger partial charge >= 0.3 is 0 Å². The van der Waals surface area contributed by atoms with Crippen LogP contribution in [0.3, 0.4) is 0 Å². The first-order chi connectivity index (χ1) is 16.5. The lowest BCUT2D eigenvalue weighted by Gasteiger charge is -2.10. The summed E-state index contributed by atoms with van der Waals surface area (Å²) < 4.78 is 10.8. The smallest absolute Gasteiger partial charge is 0.269 e. The molecule has 0 aliphatic rings. The van der Waals surface area contributed by atoms with E-state index in [1.807, 2.05) is 26.0 Å². The van der Waals surface area contributed by atoms with Crippen molar-refractivity contribution >= 4 is 23.4 Å². The summed E-state index contributed by atoms with van der Waals surface area (Å²) in [5.41, 5.74) is 7.43. The summed E-state index contributed by atoms with van der Waals surface area (Å²) in [5, 5.41) is 2.80. The van der Waals surface area contributed by atoms with Crippen molar-refractivity contribution in [2.45, 2.75) is 13.8 Å². The molecule has 0 aromatic heterocycles. The van der Waals surface area contributed by atoms with E-state index in [-0.39, 0.29) is 5.91 Å². The van der Waals surface area contributed by atoms with Crippen LogP contribution in [0.5, 0.6) is 5.75 Å². The molecule has 3 rings (SSSR count). The Morgan fingerprint density at radius 1 is 0.765 bits per heavy atom. The Kier molecular flexibility index (Phi) is 8.76. The van der Waals surface area contributed by atoms with Crippen molar-refractivity contribution in [2.24, 2.45) is 0 Å². The summed E-state index contributed by atoms with van der Waals surface area (Å²) in [6.45, 7) is 5.20. The van der Waals surface area contributed by atoms with Gasteiger partial charge in [-0.05, 0) is 67.9 Å². The Morgan fingerprint density at radius 3 is 2.18 bits per heavy atom. The highest BCUT2D eigenvalue weighted by atomic mass is 16.5. The summed E-state index contributed by atoms with van der Waals surface area (Å²) in [5.74, 6) is -0.673. The summed E-state index contributed by atoms with van der Waals surface area (Å²) >= 11 is 0. The average molecular weight is 462 g/mol. The number of anilines is 1.